The fourth-order valence-corrected chi connectivity index (χ4v) is 1.98. The number of esters is 1. The minimum absolute atomic E-state index is 0.176. The van der Waals surface area contributed by atoms with Crippen molar-refractivity contribution in [2.75, 3.05) is 12.4 Å². The third-order valence-electron chi connectivity index (χ3n) is 2.83. The van der Waals surface area contributed by atoms with E-state index < -0.39 is 5.97 Å². The highest BCUT2D eigenvalue weighted by atomic mass is 35.5. The predicted octanol–water partition coefficient (Wildman–Crippen LogP) is 3.29. The number of halogens is 1. The molecule has 2 aromatic rings. The Hall–Kier alpha value is -2.27. The van der Waals surface area contributed by atoms with Crippen LogP contribution in [0.3, 0.4) is 0 Å². The quantitative estimate of drug-likeness (QED) is 0.861. The molecule has 0 bridgehead atoms. The van der Waals surface area contributed by atoms with Crippen molar-refractivity contribution in [1.29, 1.82) is 0 Å². The maximum Gasteiger partial charge on any atom is 0.339 e. The molecule has 0 aliphatic heterocycles. The van der Waals surface area contributed by atoms with Crippen molar-refractivity contribution < 1.29 is 18.7 Å². The van der Waals surface area contributed by atoms with E-state index in [1.54, 1.807) is 18.4 Å². The SMILES string of the molecule is COC(=O)c1cc(NC(=O)CCc2ccco2)ccc1Cl. The number of carbonyl (C=O) groups is 2. The second-order valence-electron chi connectivity index (χ2n) is 4.31. The predicted molar refractivity (Wildman–Crippen MR) is 78.5 cm³/mol. The van der Waals surface area contributed by atoms with Crippen molar-refractivity contribution in [3.63, 3.8) is 0 Å². The fraction of sp³-hybridized carbons (Fsp3) is 0.200. The second kappa shape index (κ2) is 6.95. The van der Waals surface area contributed by atoms with Gasteiger partial charge in [-0.1, -0.05) is 11.6 Å². The molecule has 1 amide bonds. The third-order valence-corrected chi connectivity index (χ3v) is 3.16. The molecular formula is C15H14ClNO4. The molecule has 1 N–H and O–H groups in total. The summed E-state index contributed by atoms with van der Waals surface area (Å²) in [5.74, 6) is 0.0210. The van der Waals surface area contributed by atoms with Gasteiger partial charge in [0.25, 0.3) is 0 Å². The van der Waals surface area contributed by atoms with E-state index in [1.807, 2.05) is 6.07 Å². The van der Waals surface area contributed by atoms with E-state index in [0.717, 1.165) is 5.76 Å². The first-order valence-corrected chi connectivity index (χ1v) is 6.68. The highest BCUT2D eigenvalue weighted by Gasteiger charge is 2.12. The molecule has 5 nitrogen and oxygen atoms in total. The Morgan fingerprint density at radius 1 is 1.33 bits per heavy atom. The van der Waals surface area contributed by atoms with E-state index in [0.29, 0.717) is 12.1 Å². The van der Waals surface area contributed by atoms with Crippen LogP contribution in [-0.2, 0) is 16.0 Å². The number of hydrogen-bond donors (Lipinski definition) is 1. The number of rotatable bonds is 5. The van der Waals surface area contributed by atoms with E-state index in [9.17, 15) is 9.59 Å². The van der Waals surface area contributed by atoms with Crippen LogP contribution >= 0.6 is 11.6 Å². The first-order chi connectivity index (χ1) is 10.1. The van der Waals surface area contributed by atoms with Crippen LogP contribution in [0.25, 0.3) is 0 Å². The summed E-state index contributed by atoms with van der Waals surface area (Å²) in [5, 5.41) is 2.98. The zero-order valence-corrected chi connectivity index (χ0v) is 12.1. The molecule has 110 valence electrons. The van der Waals surface area contributed by atoms with E-state index in [4.69, 9.17) is 16.0 Å². The Balaban J connectivity index is 1.99. The van der Waals surface area contributed by atoms with Gasteiger partial charge in [-0.15, -0.1) is 0 Å². The van der Waals surface area contributed by atoms with E-state index in [-0.39, 0.29) is 22.9 Å². The topological polar surface area (TPSA) is 68.5 Å². The number of carbonyl (C=O) groups excluding carboxylic acids is 2. The van der Waals surface area contributed by atoms with Crippen molar-refractivity contribution in [3.8, 4) is 0 Å². The van der Waals surface area contributed by atoms with Crippen molar-refractivity contribution >= 4 is 29.2 Å². The van der Waals surface area contributed by atoms with Gasteiger partial charge in [0, 0.05) is 18.5 Å². The molecule has 0 unspecified atom stereocenters. The molecule has 2 rings (SSSR count). The Bertz CT molecular complexity index is 637. The standard InChI is InChI=1S/C15H14ClNO4/c1-20-15(19)12-9-10(4-6-13(12)16)17-14(18)7-5-11-3-2-8-21-11/h2-4,6,8-9H,5,7H2,1H3,(H,17,18). The summed E-state index contributed by atoms with van der Waals surface area (Å²) in [7, 11) is 1.27. The van der Waals surface area contributed by atoms with Gasteiger partial charge in [-0.2, -0.15) is 0 Å². The van der Waals surface area contributed by atoms with Crippen LogP contribution in [0.2, 0.25) is 5.02 Å². The van der Waals surface area contributed by atoms with Crippen LogP contribution < -0.4 is 5.32 Å². The summed E-state index contributed by atoms with van der Waals surface area (Å²) in [6.45, 7) is 0. The summed E-state index contributed by atoms with van der Waals surface area (Å²) < 4.78 is 9.78. The Kier molecular flexibility index (Phi) is 5.00. The lowest BCUT2D eigenvalue weighted by atomic mass is 10.2. The molecule has 0 aliphatic carbocycles. The van der Waals surface area contributed by atoms with E-state index >= 15 is 0 Å². The normalized spacial score (nSPS) is 10.2. The monoisotopic (exact) mass is 307 g/mol. The van der Waals surface area contributed by atoms with Crippen LogP contribution in [0.15, 0.2) is 41.0 Å². The van der Waals surface area contributed by atoms with Gasteiger partial charge in [0.15, 0.2) is 0 Å². The zero-order chi connectivity index (χ0) is 15.2. The summed E-state index contributed by atoms with van der Waals surface area (Å²) in [4.78, 5) is 23.4. The number of aryl methyl sites for hydroxylation is 1. The molecule has 1 heterocycles. The Morgan fingerprint density at radius 2 is 2.14 bits per heavy atom. The zero-order valence-electron chi connectivity index (χ0n) is 11.4. The summed E-state index contributed by atoms with van der Waals surface area (Å²) >= 11 is 5.91. The number of nitrogens with one attached hydrogen (secondary N) is 1. The number of hydrogen-bond acceptors (Lipinski definition) is 4. The highest BCUT2D eigenvalue weighted by molar-refractivity contribution is 6.33. The maximum atomic E-state index is 11.8. The van der Waals surface area contributed by atoms with Crippen molar-refractivity contribution in [3.05, 3.63) is 52.9 Å². The van der Waals surface area contributed by atoms with Crippen LogP contribution in [0.4, 0.5) is 5.69 Å². The number of benzene rings is 1. The largest absolute Gasteiger partial charge is 0.469 e. The van der Waals surface area contributed by atoms with Gasteiger partial charge in [-0.05, 0) is 30.3 Å². The highest BCUT2D eigenvalue weighted by Crippen LogP contribution is 2.21. The van der Waals surface area contributed by atoms with Gasteiger partial charge < -0.3 is 14.5 Å². The van der Waals surface area contributed by atoms with E-state index in [1.165, 1.54) is 19.2 Å². The van der Waals surface area contributed by atoms with Crippen LogP contribution in [-0.4, -0.2) is 19.0 Å². The lowest BCUT2D eigenvalue weighted by Crippen LogP contribution is -2.13. The Morgan fingerprint density at radius 3 is 2.81 bits per heavy atom. The van der Waals surface area contributed by atoms with Gasteiger partial charge in [-0.3, -0.25) is 4.79 Å². The molecular weight excluding hydrogens is 294 g/mol. The maximum absolute atomic E-state index is 11.8. The Labute approximate surface area is 126 Å². The van der Waals surface area contributed by atoms with Gasteiger partial charge in [0.05, 0.1) is 24.0 Å². The first-order valence-electron chi connectivity index (χ1n) is 6.30. The summed E-state index contributed by atoms with van der Waals surface area (Å²) in [6, 6.07) is 8.23. The fourth-order valence-electron chi connectivity index (χ4n) is 1.78. The molecule has 0 fully saturated rings. The molecule has 21 heavy (non-hydrogen) atoms. The molecule has 1 aromatic heterocycles. The molecule has 0 atom stereocenters. The second-order valence-corrected chi connectivity index (χ2v) is 4.72. The lowest BCUT2D eigenvalue weighted by Gasteiger charge is -2.08. The molecule has 1 aromatic carbocycles. The van der Waals surface area contributed by atoms with E-state index in [2.05, 4.69) is 10.1 Å². The summed E-state index contributed by atoms with van der Waals surface area (Å²) in [6.07, 6.45) is 2.36. The lowest BCUT2D eigenvalue weighted by molar-refractivity contribution is -0.116. The van der Waals surface area contributed by atoms with Gasteiger partial charge in [0.1, 0.15) is 5.76 Å². The minimum atomic E-state index is -0.549. The van der Waals surface area contributed by atoms with Crippen molar-refractivity contribution in [2.45, 2.75) is 12.8 Å². The van der Waals surface area contributed by atoms with Gasteiger partial charge in [0.2, 0.25) is 5.91 Å². The number of ether oxygens (including phenoxy) is 1. The van der Waals surface area contributed by atoms with Crippen LogP contribution in [0.5, 0.6) is 0 Å². The minimum Gasteiger partial charge on any atom is -0.469 e. The van der Waals surface area contributed by atoms with Crippen LogP contribution in [0.1, 0.15) is 22.5 Å². The molecule has 0 spiro atoms. The molecule has 0 aliphatic rings. The van der Waals surface area contributed by atoms with Gasteiger partial charge >= 0.3 is 5.97 Å². The van der Waals surface area contributed by atoms with Gasteiger partial charge in [-0.25, -0.2) is 4.79 Å². The average Bonchev–Trinajstić information content (AvgIpc) is 2.99. The average molecular weight is 308 g/mol. The van der Waals surface area contributed by atoms with Crippen molar-refractivity contribution in [2.24, 2.45) is 0 Å². The molecule has 6 heteroatoms. The number of methoxy groups -OCH3 is 1. The van der Waals surface area contributed by atoms with Crippen LogP contribution in [0, 0.1) is 0 Å². The molecule has 0 saturated heterocycles. The first kappa shape index (κ1) is 15.1. The smallest absolute Gasteiger partial charge is 0.339 e. The molecule has 0 radical (unpaired) electrons. The molecule has 0 saturated carbocycles. The number of amides is 1. The van der Waals surface area contributed by atoms with Crippen molar-refractivity contribution in [1.82, 2.24) is 0 Å². The summed E-state index contributed by atoms with van der Waals surface area (Å²) in [5.41, 5.74) is 0.701. The third kappa shape index (κ3) is 4.10. The number of anilines is 1. The number of furan rings is 1.